The maximum atomic E-state index is 5.15. The fraction of sp³-hybridized carbons (Fsp3) is 0.571. The van der Waals surface area contributed by atoms with Gasteiger partial charge in [0.05, 0.1) is 7.11 Å². The highest BCUT2D eigenvalue weighted by Gasteiger charge is 2.04. The molecule has 1 N–H and O–H groups in total. The van der Waals surface area contributed by atoms with Gasteiger partial charge in [0.1, 0.15) is 5.75 Å². The molecule has 0 aliphatic carbocycles. The third-order valence-corrected chi connectivity index (χ3v) is 2.85. The Balaban J connectivity index is 2.33. The molecule has 0 fully saturated rings. The third-order valence-electron chi connectivity index (χ3n) is 2.85. The Kier molecular flexibility index (Phi) is 6.01. The van der Waals surface area contributed by atoms with Crippen molar-refractivity contribution in [3.63, 3.8) is 0 Å². The molecular weight excluding hydrogens is 212 g/mol. The van der Waals surface area contributed by atoms with Crippen LogP contribution >= 0.6 is 0 Å². The van der Waals surface area contributed by atoms with E-state index in [-0.39, 0.29) is 0 Å². The van der Waals surface area contributed by atoms with Crippen LogP contribution in [0.5, 0.6) is 5.75 Å². The van der Waals surface area contributed by atoms with Crippen LogP contribution in [-0.4, -0.2) is 39.2 Å². The summed E-state index contributed by atoms with van der Waals surface area (Å²) in [5, 5.41) is 3.52. The van der Waals surface area contributed by atoms with Crippen molar-refractivity contribution in [2.24, 2.45) is 0 Å². The number of ether oxygens (including phenoxy) is 1. The van der Waals surface area contributed by atoms with E-state index in [2.05, 4.69) is 43.4 Å². The summed E-state index contributed by atoms with van der Waals surface area (Å²) in [6, 6.07) is 8.63. The molecule has 3 heteroatoms. The van der Waals surface area contributed by atoms with E-state index in [0.717, 1.165) is 18.8 Å². The number of benzene rings is 1. The molecule has 3 nitrogen and oxygen atoms in total. The standard InChI is InChI=1S/C14H24N2O/c1-12(15-10-5-11-16(2)3)13-6-8-14(17-4)9-7-13/h6-9,12,15H,5,10-11H2,1-4H3. The highest BCUT2D eigenvalue weighted by molar-refractivity contribution is 5.28. The number of nitrogens with zero attached hydrogens (tertiary/aromatic N) is 1. The number of hydrogen-bond acceptors (Lipinski definition) is 3. The first kappa shape index (κ1) is 14.0. The van der Waals surface area contributed by atoms with Gasteiger partial charge < -0.3 is 15.0 Å². The predicted molar refractivity (Wildman–Crippen MR) is 72.6 cm³/mol. The summed E-state index contributed by atoms with van der Waals surface area (Å²) in [7, 11) is 5.90. The van der Waals surface area contributed by atoms with Gasteiger partial charge in [0, 0.05) is 6.04 Å². The van der Waals surface area contributed by atoms with Crippen LogP contribution in [0.25, 0.3) is 0 Å². The molecule has 1 rings (SSSR count). The quantitative estimate of drug-likeness (QED) is 0.735. The fourth-order valence-electron chi connectivity index (χ4n) is 1.72. The SMILES string of the molecule is COc1ccc(C(C)NCCCN(C)C)cc1. The Morgan fingerprint density at radius 1 is 1.24 bits per heavy atom. The minimum Gasteiger partial charge on any atom is -0.497 e. The summed E-state index contributed by atoms with van der Waals surface area (Å²) >= 11 is 0. The van der Waals surface area contributed by atoms with E-state index in [0.29, 0.717) is 6.04 Å². The van der Waals surface area contributed by atoms with Gasteiger partial charge in [-0.05, 0) is 58.2 Å². The van der Waals surface area contributed by atoms with Gasteiger partial charge in [0.2, 0.25) is 0 Å². The Morgan fingerprint density at radius 3 is 2.41 bits per heavy atom. The van der Waals surface area contributed by atoms with E-state index >= 15 is 0 Å². The molecule has 0 saturated heterocycles. The average Bonchev–Trinajstić information content (AvgIpc) is 2.34. The molecule has 0 bridgehead atoms. The zero-order valence-corrected chi connectivity index (χ0v) is 11.4. The zero-order valence-electron chi connectivity index (χ0n) is 11.4. The molecule has 1 atom stereocenters. The lowest BCUT2D eigenvalue weighted by Gasteiger charge is -2.16. The topological polar surface area (TPSA) is 24.5 Å². The molecule has 0 aliphatic rings. The van der Waals surface area contributed by atoms with Crippen molar-refractivity contribution < 1.29 is 4.74 Å². The summed E-state index contributed by atoms with van der Waals surface area (Å²) in [5.74, 6) is 0.911. The molecular formula is C14H24N2O. The first-order valence-corrected chi connectivity index (χ1v) is 6.15. The zero-order chi connectivity index (χ0) is 12.7. The predicted octanol–water partition coefficient (Wildman–Crippen LogP) is 2.30. The van der Waals surface area contributed by atoms with E-state index in [1.807, 2.05) is 12.1 Å². The van der Waals surface area contributed by atoms with Crippen LogP contribution < -0.4 is 10.1 Å². The van der Waals surface area contributed by atoms with Crippen LogP contribution in [-0.2, 0) is 0 Å². The lowest BCUT2D eigenvalue weighted by molar-refractivity contribution is 0.389. The minimum absolute atomic E-state index is 0.392. The normalized spacial score (nSPS) is 12.8. The number of methoxy groups -OCH3 is 1. The summed E-state index contributed by atoms with van der Waals surface area (Å²) in [6.07, 6.45) is 1.17. The minimum atomic E-state index is 0.392. The van der Waals surface area contributed by atoms with Crippen LogP contribution in [0.2, 0.25) is 0 Å². The Morgan fingerprint density at radius 2 is 1.88 bits per heavy atom. The Labute approximate surface area is 105 Å². The van der Waals surface area contributed by atoms with E-state index in [4.69, 9.17) is 4.74 Å². The van der Waals surface area contributed by atoms with Crippen LogP contribution in [0.4, 0.5) is 0 Å². The largest absolute Gasteiger partial charge is 0.497 e. The Bertz CT molecular complexity index is 309. The van der Waals surface area contributed by atoms with Crippen molar-refractivity contribution in [1.29, 1.82) is 0 Å². The van der Waals surface area contributed by atoms with Crippen molar-refractivity contribution >= 4 is 0 Å². The van der Waals surface area contributed by atoms with Crippen LogP contribution in [0.3, 0.4) is 0 Å². The summed E-state index contributed by atoms with van der Waals surface area (Å²) in [4.78, 5) is 2.21. The van der Waals surface area contributed by atoms with Gasteiger partial charge >= 0.3 is 0 Å². The number of hydrogen-bond donors (Lipinski definition) is 1. The van der Waals surface area contributed by atoms with E-state index in [9.17, 15) is 0 Å². The number of rotatable bonds is 7. The second-order valence-corrected chi connectivity index (χ2v) is 4.61. The molecule has 0 aromatic heterocycles. The van der Waals surface area contributed by atoms with Gasteiger partial charge in [-0.1, -0.05) is 12.1 Å². The average molecular weight is 236 g/mol. The van der Waals surface area contributed by atoms with Crippen molar-refractivity contribution in [1.82, 2.24) is 10.2 Å². The number of nitrogens with one attached hydrogen (secondary N) is 1. The van der Waals surface area contributed by atoms with E-state index < -0.39 is 0 Å². The lowest BCUT2D eigenvalue weighted by Crippen LogP contribution is -2.23. The van der Waals surface area contributed by atoms with Gasteiger partial charge in [0.15, 0.2) is 0 Å². The van der Waals surface area contributed by atoms with Gasteiger partial charge in [-0.15, -0.1) is 0 Å². The molecule has 96 valence electrons. The first-order valence-electron chi connectivity index (χ1n) is 6.15. The molecule has 0 heterocycles. The van der Waals surface area contributed by atoms with Crippen molar-refractivity contribution in [3.05, 3.63) is 29.8 Å². The molecule has 0 spiro atoms. The van der Waals surface area contributed by atoms with E-state index in [1.165, 1.54) is 12.0 Å². The van der Waals surface area contributed by atoms with Gasteiger partial charge in [0.25, 0.3) is 0 Å². The molecule has 0 saturated carbocycles. The van der Waals surface area contributed by atoms with Crippen molar-refractivity contribution in [2.75, 3.05) is 34.3 Å². The van der Waals surface area contributed by atoms with Gasteiger partial charge in [-0.3, -0.25) is 0 Å². The molecule has 1 aromatic rings. The summed E-state index contributed by atoms with van der Waals surface area (Å²) < 4.78 is 5.15. The lowest BCUT2D eigenvalue weighted by atomic mass is 10.1. The van der Waals surface area contributed by atoms with E-state index in [1.54, 1.807) is 7.11 Å². The highest BCUT2D eigenvalue weighted by atomic mass is 16.5. The van der Waals surface area contributed by atoms with Crippen LogP contribution in [0, 0.1) is 0 Å². The molecule has 1 unspecified atom stereocenters. The highest BCUT2D eigenvalue weighted by Crippen LogP contribution is 2.16. The fourth-order valence-corrected chi connectivity index (χ4v) is 1.72. The second-order valence-electron chi connectivity index (χ2n) is 4.61. The molecule has 0 amide bonds. The first-order chi connectivity index (χ1) is 8.13. The van der Waals surface area contributed by atoms with Crippen molar-refractivity contribution in [2.45, 2.75) is 19.4 Å². The van der Waals surface area contributed by atoms with Crippen LogP contribution in [0.1, 0.15) is 24.9 Å². The van der Waals surface area contributed by atoms with Gasteiger partial charge in [-0.25, -0.2) is 0 Å². The van der Waals surface area contributed by atoms with Crippen LogP contribution in [0.15, 0.2) is 24.3 Å². The van der Waals surface area contributed by atoms with Crippen molar-refractivity contribution in [3.8, 4) is 5.75 Å². The maximum Gasteiger partial charge on any atom is 0.118 e. The second kappa shape index (κ2) is 7.30. The molecule has 0 aliphatic heterocycles. The molecule has 0 radical (unpaired) electrons. The summed E-state index contributed by atoms with van der Waals surface area (Å²) in [6.45, 7) is 4.37. The molecule has 17 heavy (non-hydrogen) atoms. The molecule has 1 aromatic carbocycles. The Hall–Kier alpha value is -1.06. The monoisotopic (exact) mass is 236 g/mol. The third kappa shape index (κ3) is 5.20. The maximum absolute atomic E-state index is 5.15. The summed E-state index contributed by atoms with van der Waals surface area (Å²) in [5.41, 5.74) is 1.30. The van der Waals surface area contributed by atoms with Gasteiger partial charge in [-0.2, -0.15) is 0 Å². The smallest absolute Gasteiger partial charge is 0.118 e.